The second-order valence-electron chi connectivity index (χ2n) is 6.12. The third kappa shape index (κ3) is 4.68. The molecular weight excluding hydrogens is 292 g/mol. The highest BCUT2D eigenvalue weighted by atomic mass is 16.5. The summed E-state index contributed by atoms with van der Waals surface area (Å²) in [6, 6.07) is 5.12. The van der Waals surface area contributed by atoms with Crippen LogP contribution in [0.5, 0.6) is 5.75 Å². The summed E-state index contributed by atoms with van der Waals surface area (Å²) < 4.78 is 10.7. The van der Waals surface area contributed by atoms with Crippen molar-refractivity contribution >= 4 is 11.8 Å². The Morgan fingerprint density at radius 2 is 1.96 bits per heavy atom. The normalized spacial score (nSPS) is 20.1. The number of benzene rings is 1. The monoisotopic (exact) mass is 316 g/mol. The Labute approximate surface area is 137 Å². The molecule has 0 fully saturated rings. The van der Waals surface area contributed by atoms with Gasteiger partial charge >= 0.3 is 5.97 Å². The van der Waals surface area contributed by atoms with Crippen molar-refractivity contribution in [2.24, 2.45) is 11.8 Å². The van der Waals surface area contributed by atoms with Crippen molar-refractivity contribution in [3.8, 4) is 5.75 Å². The van der Waals surface area contributed by atoms with Crippen molar-refractivity contribution in [2.45, 2.75) is 33.1 Å². The number of rotatable bonds is 6. The summed E-state index contributed by atoms with van der Waals surface area (Å²) in [7, 11) is 1.55. The van der Waals surface area contributed by atoms with Crippen LogP contribution in [0.3, 0.4) is 0 Å². The summed E-state index contributed by atoms with van der Waals surface area (Å²) in [5.74, 6) is 1.19. The van der Waals surface area contributed by atoms with Gasteiger partial charge in [0.1, 0.15) is 5.75 Å². The molecule has 23 heavy (non-hydrogen) atoms. The topological polar surface area (TPSA) is 52.6 Å². The Bertz CT molecular complexity index is 603. The van der Waals surface area contributed by atoms with Crippen LogP contribution in [0.1, 0.15) is 42.6 Å². The minimum Gasteiger partial charge on any atom is -0.496 e. The van der Waals surface area contributed by atoms with Crippen LogP contribution in [0.25, 0.3) is 0 Å². The van der Waals surface area contributed by atoms with Gasteiger partial charge in [0.2, 0.25) is 0 Å². The number of hydrogen-bond donors (Lipinski definition) is 0. The average molecular weight is 316 g/mol. The van der Waals surface area contributed by atoms with Crippen LogP contribution < -0.4 is 4.74 Å². The Balaban J connectivity index is 1.97. The standard InChI is InChI=1S/C19H24O4/c1-13-6-4-5-7-16(13)12-23-19(21)11-17-10-15(14(2)20)8-9-18(17)22-3/h4-5,8-10,13,16H,6-7,11-12H2,1-3H3. The van der Waals surface area contributed by atoms with Gasteiger partial charge in [0.15, 0.2) is 5.78 Å². The summed E-state index contributed by atoms with van der Waals surface area (Å²) in [6.45, 7) is 4.13. The Morgan fingerprint density at radius 3 is 2.61 bits per heavy atom. The molecule has 1 aliphatic carbocycles. The number of carbonyl (C=O) groups is 2. The zero-order chi connectivity index (χ0) is 16.8. The highest BCUT2D eigenvalue weighted by molar-refractivity contribution is 5.94. The van der Waals surface area contributed by atoms with E-state index in [4.69, 9.17) is 9.47 Å². The molecule has 0 N–H and O–H groups in total. The van der Waals surface area contributed by atoms with E-state index >= 15 is 0 Å². The zero-order valence-corrected chi connectivity index (χ0v) is 14.0. The van der Waals surface area contributed by atoms with Crippen LogP contribution in [0.4, 0.5) is 0 Å². The van der Waals surface area contributed by atoms with E-state index in [1.165, 1.54) is 6.92 Å². The molecule has 0 bridgehead atoms. The maximum absolute atomic E-state index is 12.1. The molecule has 4 nitrogen and oxygen atoms in total. The smallest absolute Gasteiger partial charge is 0.310 e. The van der Waals surface area contributed by atoms with E-state index in [1.54, 1.807) is 25.3 Å². The quantitative estimate of drug-likeness (QED) is 0.457. The summed E-state index contributed by atoms with van der Waals surface area (Å²) in [4.78, 5) is 23.6. The SMILES string of the molecule is COc1ccc(C(C)=O)cc1CC(=O)OCC1CC=CCC1C. The Hall–Kier alpha value is -2.10. The molecule has 1 aromatic rings. The number of Topliss-reactive ketones (excluding diaryl/α,β-unsaturated/α-hetero) is 1. The summed E-state index contributed by atoms with van der Waals surface area (Å²) >= 11 is 0. The molecule has 0 saturated heterocycles. The predicted molar refractivity (Wildman–Crippen MR) is 88.7 cm³/mol. The van der Waals surface area contributed by atoms with Crippen LogP contribution in [0.2, 0.25) is 0 Å². The molecule has 124 valence electrons. The molecule has 2 unspecified atom stereocenters. The third-order valence-electron chi connectivity index (χ3n) is 4.40. The van der Waals surface area contributed by atoms with Gasteiger partial charge in [-0.05, 0) is 49.8 Å². The number of hydrogen-bond acceptors (Lipinski definition) is 4. The molecule has 0 aliphatic heterocycles. The van der Waals surface area contributed by atoms with E-state index in [0.717, 1.165) is 12.8 Å². The highest BCUT2D eigenvalue weighted by Crippen LogP contribution is 2.26. The van der Waals surface area contributed by atoms with Gasteiger partial charge in [-0.2, -0.15) is 0 Å². The van der Waals surface area contributed by atoms with Gasteiger partial charge in [0.05, 0.1) is 20.1 Å². The van der Waals surface area contributed by atoms with Gasteiger partial charge in [0, 0.05) is 11.1 Å². The molecule has 0 spiro atoms. The first-order valence-electron chi connectivity index (χ1n) is 7.99. The van der Waals surface area contributed by atoms with Gasteiger partial charge in [-0.3, -0.25) is 9.59 Å². The van der Waals surface area contributed by atoms with Crippen molar-refractivity contribution in [3.05, 3.63) is 41.5 Å². The highest BCUT2D eigenvalue weighted by Gasteiger charge is 2.20. The minimum atomic E-state index is -0.286. The second-order valence-corrected chi connectivity index (χ2v) is 6.12. The van der Waals surface area contributed by atoms with Crippen molar-refractivity contribution in [3.63, 3.8) is 0 Å². The minimum absolute atomic E-state index is 0.0370. The lowest BCUT2D eigenvalue weighted by atomic mass is 9.85. The van der Waals surface area contributed by atoms with Crippen molar-refractivity contribution in [1.29, 1.82) is 0 Å². The van der Waals surface area contributed by atoms with Crippen molar-refractivity contribution in [2.75, 3.05) is 13.7 Å². The zero-order valence-electron chi connectivity index (χ0n) is 14.0. The van der Waals surface area contributed by atoms with Crippen LogP contribution in [0, 0.1) is 11.8 Å². The van der Waals surface area contributed by atoms with Gasteiger partial charge in [-0.25, -0.2) is 0 Å². The van der Waals surface area contributed by atoms with E-state index in [9.17, 15) is 9.59 Å². The van der Waals surface area contributed by atoms with Crippen molar-refractivity contribution in [1.82, 2.24) is 0 Å². The first kappa shape index (κ1) is 17.3. The molecule has 0 radical (unpaired) electrons. The summed E-state index contributed by atoms with van der Waals surface area (Å²) in [5.41, 5.74) is 1.25. The van der Waals surface area contributed by atoms with E-state index in [2.05, 4.69) is 19.1 Å². The first-order valence-corrected chi connectivity index (χ1v) is 7.99. The fourth-order valence-electron chi connectivity index (χ4n) is 2.78. The molecule has 4 heteroatoms. The number of ketones is 1. The second kappa shape index (κ2) is 7.95. The van der Waals surface area contributed by atoms with Gasteiger partial charge in [-0.1, -0.05) is 19.1 Å². The molecule has 1 aromatic carbocycles. The van der Waals surface area contributed by atoms with Gasteiger partial charge in [-0.15, -0.1) is 0 Å². The van der Waals surface area contributed by atoms with Crippen LogP contribution >= 0.6 is 0 Å². The van der Waals surface area contributed by atoms with E-state index in [0.29, 0.717) is 35.3 Å². The maximum atomic E-state index is 12.1. The van der Waals surface area contributed by atoms with Gasteiger partial charge < -0.3 is 9.47 Å². The van der Waals surface area contributed by atoms with Crippen LogP contribution in [-0.2, 0) is 16.0 Å². The lowest BCUT2D eigenvalue weighted by Gasteiger charge is -2.24. The Kier molecular flexibility index (Phi) is 5.97. The molecular formula is C19H24O4. The number of ether oxygens (including phenoxy) is 2. The lowest BCUT2D eigenvalue weighted by molar-refractivity contribution is -0.144. The number of methoxy groups -OCH3 is 1. The fourth-order valence-corrected chi connectivity index (χ4v) is 2.78. The van der Waals surface area contributed by atoms with Gasteiger partial charge in [0.25, 0.3) is 0 Å². The van der Waals surface area contributed by atoms with Crippen LogP contribution in [0.15, 0.2) is 30.4 Å². The van der Waals surface area contributed by atoms with E-state index in [-0.39, 0.29) is 18.2 Å². The lowest BCUT2D eigenvalue weighted by Crippen LogP contribution is -2.22. The summed E-state index contributed by atoms with van der Waals surface area (Å²) in [5, 5.41) is 0. The number of esters is 1. The fraction of sp³-hybridized carbons (Fsp3) is 0.474. The van der Waals surface area contributed by atoms with Crippen LogP contribution in [-0.4, -0.2) is 25.5 Å². The van der Waals surface area contributed by atoms with E-state index < -0.39 is 0 Å². The summed E-state index contributed by atoms with van der Waals surface area (Å²) in [6.07, 6.45) is 6.44. The molecule has 0 saturated carbocycles. The average Bonchev–Trinajstić information content (AvgIpc) is 2.54. The molecule has 0 amide bonds. The first-order chi connectivity index (χ1) is 11.0. The molecule has 0 heterocycles. The molecule has 1 aliphatic rings. The van der Waals surface area contributed by atoms with Crippen molar-refractivity contribution < 1.29 is 19.1 Å². The molecule has 2 atom stereocenters. The molecule has 0 aromatic heterocycles. The Morgan fingerprint density at radius 1 is 1.22 bits per heavy atom. The van der Waals surface area contributed by atoms with E-state index in [1.807, 2.05) is 0 Å². The molecule has 2 rings (SSSR count). The number of allylic oxidation sites excluding steroid dienone is 2. The largest absolute Gasteiger partial charge is 0.496 e. The number of carbonyl (C=O) groups excluding carboxylic acids is 2. The maximum Gasteiger partial charge on any atom is 0.310 e. The third-order valence-corrected chi connectivity index (χ3v) is 4.40. The predicted octanol–water partition coefficient (Wildman–Crippen LogP) is 3.59.